The lowest BCUT2D eigenvalue weighted by Gasteiger charge is -2.49. The molecule has 0 amide bonds. The summed E-state index contributed by atoms with van der Waals surface area (Å²) in [5, 5.41) is 0. The number of likely N-dealkylation sites (tertiary alicyclic amines) is 1. The van der Waals surface area contributed by atoms with Crippen LogP contribution in [-0.4, -0.2) is 43.3 Å². The van der Waals surface area contributed by atoms with Crippen molar-refractivity contribution in [3.8, 4) is 0 Å². The predicted molar refractivity (Wildman–Crippen MR) is 77.8 cm³/mol. The van der Waals surface area contributed by atoms with Gasteiger partial charge in [0.25, 0.3) is 0 Å². The molecule has 3 nitrogen and oxygen atoms in total. The summed E-state index contributed by atoms with van der Waals surface area (Å²) in [6.45, 7) is 9.48. The molecule has 1 saturated heterocycles. The molecular weight excluding hydrogens is 224 g/mol. The minimum atomic E-state index is 0.0137. The van der Waals surface area contributed by atoms with E-state index in [1.807, 2.05) is 0 Å². The van der Waals surface area contributed by atoms with E-state index in [0.717, 1.165) is 6.61 Å². The number of rotatable bonds is 6. The fourth-order valence-electron chi connectivity index (χ4n) is 3.43. The van der Waals surface area contributed by atoms with Gasteiger partial charge in [-0.25, -0.2) is 0 Å². The van der Waals surface area contributed by atoms with Crippen molar-refractivity contribution in [1.29, 1.82) is 0 Å². The van der Waals surface area contributed by atoms with Crippen molar-refractivity contribution in [3.05, 3.63) is 0 Å². The smallest absolute Gasteiger partial charge is 0.0661 e. The molecule has 1 aliphatic rings. The van der Waals surface area contributed by atoms with Crippen molar-refractivity contribution in [3.63, 3.8) is 0 Å². The molecule has 1 heterocycles. The Bertz CT molecular complexity index is 233. The highest BCUT2D eigenvalue weighted by Crippen LogP contribution is 2.32. The van der Waals surface area contributed by atoms with Crippen LogP contribution in [0.25, 0.3) is 0 Å². The van der Waals surface area contributed by atoms with Crippen molar-refractivity contribution >= 4 is 0 Å². The van der Waals surface area contributed by atoms with E-state index >= 15 is 0 Å². The molecule has 0 aromatic heterocycles. The summed E-state index contributed by atoms with van der Waals surface area (Å²) in [5.74, 6) is 0.523. The molecule has 0 aromatic carbocycles. The Balaban J connectivity index is 2.98. The van der Waals surface area contributed by atoms with Crippen LogP contribution in [0.4, 0.5) is 0 Å². The van der Waals surface area contributed by atoms with E-state index in [0.29, 0.717) is 18.5 Å². The molecule has 0 aromatic rings. The Labute approximate surface area is 113 Å². The molecule has 0 radical (unpaired) electrons. The number of hydrogen-bond acceptors (Lipinski definition) is 3. The second kappa shape index (κ2) is 7.46. The first-order chi connectivity index (χ1) is 8.62. The van der Waals surface area contributed by atoms with Crippen molar-refractivity contribution in [2.24, 2.45) is 11.7 Å². The molecule has 0 spiro atoms. The van der Waals surface area contributed by atoms with Gasteiger partial charge >= 0.3 is 0 Å². The van der Waals surface area contributed by atoms with Gasteiger partial charge in [0.15, 0.2) is 0 Å². The van der Waals surface area contributed by atoms with Gasteiger partial charge in [-0.2, -0.15) is 0 Å². The van der Waals surface area contributed by atoms with Crippen molar-refractivity contribution in [2.45, 2.75) is 64.5 Å². The largest absolute Gasteiger partial charge is 0.383 e. The summed E-state index contributed by atoms with van der Waals surface area (Å²) in [6, 6.07) is 0.675. The van der Waals surface area contributed by atoms with E-state index in [2.05, 4.69) is 25.7 Å². The van der Waals surface area contributed by atoms with Gasteiger partial charge in [-0.05, 0) is 31.7 Å². The van der Waals surface area contributed by atoms with Crippen LogP contribution >= 0.6 is 0 Å². The standard InChI is InChI=1S/C15H32N2O/c1-5-14-9-7-6-8-10-17(14)15(11-16,12-18-4)13(2)3/h13-14H,5-12,16H2,1-4H3. The maximum absolute atomic E-state index is 6.17. The topological polar surface area (TPSA) is 38.5 Å². The van der Waals surface area contributed by atoms with Crippen LogP contribution in [0.3, 0.4) is 0 Å². The van der Waals surface area contributed by atoms with Crippen molar-refractivity contribution < 1.29 is 4.74 Å². The zero-order valence-corrected chi connectivity index (χ0v) is 12.7. The number of nitrogens with two attached hydrogens (primary N) is 1. The Hall–Kier alpha value is -0.120. The molecular formula is C15H32N2O. The molecule has 2 atom stereocenters. The lowest BCUT2D eigenvalue weighted by atomic mass is 9.83. The van der Waals surface area contributed by atoms with Gasteiger partial charge in [0.05, 0.1) is 12.1 Å². The van der Waals surface area contributed by atoms with Crippen LogP contribution in [0.1, 0.15) is 52.9 Å². The van der Waals surface area contributed by atoms with Gasteiger partial charge in [0.1, 0.15) is 0 Å². The van der Waals surface area contributed by atoms with Gasteiger partial charge in [-0.15, -0.1) is 0 Å². The maximum Gasteiger partial charge on any atom is 0.0661 e. The average molecular weight is 256 g/mol. The number of methoxy groups -OCH3 is 1. The van der Waals surface area contributed by atoms with E-state index in [9.17, 15) is 0 Å². The minimum absolute atomic E-state index is 0.0137. The van der Waals surface area contributed by atoms with Crippen LogP contribution in [0, 0.1) is 5.92 Å². The molecule has 108 valence electrons. The molecule has 0 saturated carbocycles. The third-order valence-electron chi connectivity index (χ3n) is 4.74. The first-order valence-corrected chi connectivity index (χ1v) is 7.58. The molecule has 0 aliphatic carbocycles. The second-order valence-electron chi connectivity index (χ2n) is 6.00. The lowest BCUT2D eigenvalue weighted by Crippen LogP contribution is -2.63. The zero-order chi connectivity index (χ0) is 13.6. The molecule has 2 N–H and O–H groups in total. The predicted octanol–water partition coefficient (Wildman–Crippen LogP) is 2.64. The van der Waals surface area contributed by atoms with E-state index in [4.69, 9.17) is 10.5 Å². The first kappa shape index (κ1) is 15.9. The highest BCUT2D eigenvalue weighted by molar-refractivity contribution is 4.98. The highest BCUT2D eigenvalue weighted by atomic mass is 16.5. The Morgan fingerprint density at radius 3 is 2.56 bits per heavy atom. The number of hydrogen-bond donors (Lipinski definition) is 1. The lowest BCUT2D eigenvalue weighted by molar-refractivity contribution is -0.0405. The summed E-state index contributed by atoms with van der Waals surface area (Å²) >= 11 is 0. The fraction of sp³-hybridized carbons (Fsp3) is 1.00. The van der Waals surface area contributed by atoms with Crippen LogP contribution < -0.4 is 5.73 Å². The van der Waals surface area contributed by atoms with Gasteiger partial charge in [-0.1, -0.05) is 33.6 Å². The molecule has 3 heteroatoms. The maximum atomic E-state index is 6.17. The first-order valence-electron chi connectivity index (χ1n) is 7.58. The summed E-state index contributed by atoms with van der Waals surface area (Å²) < 4.78 is 5.52. The van der Waals surface area contributed by atoms with Crippen molar-refractivity contribution in [2.75, 3.05) is 26.8 Å². The Kier molecular flexibility index (Phi) is 6.61. The third-order valence-corrected chi connectivity index (χ3v) is 4.74. The molecule has 1 fully saturated rings. The van der Waals surface area contributed by atoms with Crippen LogP contribution in [0.5, 0.6) is 0 Å². The van der Waals surface area contributed by atoms with Gasteiger partial charge in [0, 0.05) is 19.7 Å². The van der Waals surface area contributed by atoms with E-state index in [-0.39, 0.29) is 5.54 Å². The summed E-state index contributed by atoms with van der Waals surface area (Å²) in [6.07, 6.45) is 6.56. The third kappa shape index (κ3) is 3.25. The highest BCUT2D eigenvalue weighted by Gasteiger charge is 2.41. The number of ether oxygens (including phenoxy) is 1. The fourth-order valence-corrected chi connectivity index (χ4v) is 3.43. The monoisotopic (exact) mass is 256 g/mol. The summed E-state index contributed by atoms with van der Waals surface area (Å²) in [4.78, 5) is 2.67. The quantitative estimate of drug-likeness (QED) is 0.794. The minimum Gasteiger partial charge on any atom is -0.383 e. The van der Waals surface area contributed by atoms with Crippen molar-refractivity contribution in [1.82, 2.24) is 4.90 Å². The van der Waals surface area contributed by atoms with E-state index in [1.165, 1.54) is 38.6 Å². The van der Waals surface area contributed by atoms with Gasteiger partial charge < -0.3 is 10.5 Å². The van der Waals surface area contributed by atoms with E-state index < -0.39 is 0 Å². The normalized spacial score (nSPS) is 26.0. The molecule has 1 aliphatic heterocycles. The molecule has 0 bridgehead atoms. The van der Waals surface area contributed by atoms with E-state index in [1.54, 1.807) is 7.11 Å². The molecule has 2 unspecified atom stereocenters. The van der Waals surface area contributed by atoms with Crippen LogP contribution in [0.15, 0.2) is 0 Å². The van der Waals surface area contributed by atoms with Crippen LogP contribution in [0.2, 0.25) is 0 Å². The van der Waals surface area contributed by atoms with Crippen LogP contribution in [-0.2, 0) is 4.74 Å². The number of nitrogens with zero attached hydrogens (tertiary/aromatic N) is 1. The second-order valence-corrected chi connectivity index (χ2v) is 6.00. The zero-order valence-electron chi connectivity index (χ0n) is 12.7. The Morgan fingerprint density at radius 2 is 2.06 bits per heavy atom. The summed E-state index contributed by atoms with van der Waals surface area (Å²) in [5.41, 5.74) is 6.19. The average Bonchev–Trinajstić information content (AvgIpc) is 2.60. The summed E-state index contributed by atoms with van der Waals surface area (Å²) in [7, 11) is 1.80. The SMILES string of the molecule is CCC1CCCCCN1C(CN)(COC)C(C)C. The van der Waals surface area contributed by atoms with Gasteiger partial charge in [-0.3, -0.25) is 4.90 Å². The molecule has 18 heavy (non-hydrogen) atoms. The molecule has 1 rings (SSSR count). The van der Waals surface area contributed by atoms with Gasteiger partial charge in [0.2, 0.25) is 0 Å². The Morgan fingerprint density at radius 1 is 1.33 bits per heavy atom.